The van der Waals surface area contributed by atoms with Crippen LogP contribution < -0.4 is 10.2 Å². The van der Waals surface area contributed by atoms with Gasteiger partial charge in [0.25, 0.3) is 5.91 Å². The summed E-state index contributed by atoms with van der Waals surface area (Å²) in [7, 11) is 0. The number of carbonyl (C=O) groups excluding carboxylic acids is 1. The number of aromatic nitrogens is 1. The fourth-order valence-corrected chi connectivity index (χ4v) is 3.73. The van der Waals surface area contributed by atoms with E-state index < -0.39 is 5.79 Å². The van der Waals surface area contributed by atoms with Crippen LogP contribution in [0.3, 0.4) is 0 Å². The highest BCUT2D eigenvalue weighted by Gasteiger charge is 2.39. The van der Waals surface area contributed by atoms with Crippen LogP contribution in [0.25, 0.3) is 0 Å². The molecule has 1 unspecified atom stereocenters. The third kappa shape index (κ3) is 3.96. The van der Waals surface area contributed by atoms with E-state index in [0.29, 0.717) is 18.9 Å². The molecule has 1 aromatic heterocycles. The molecule has 1 aromatic carbocycles. The van der Waals surface area contributed by atoms with E-state index in [1.165, 1.54) is 0 Å². The number of piperidine rings is 1. The highest BCUT2D eigenvalue weighted by Crippen LogP contribution is 2.33. The van der Waals surface area contributed by atoms with E-state index in [1.54, 1.807) is 6.20 Å². The van der Waals surface area contributed by atoms with Gasteiger partial charge in [-0.15, -0.1) is 0 Å². The Balaban J connectivity index is 1.41. The predicted octanol–water partition coefficient (Wildman–Crippen LogP) is 2.92. The molecule has 1 atom stereocenters. The first-order valence-corrected chi connectivity index (χ1v) is 9.50. The molecule has 1 amide bonds. The van der Waals surface area contributed by atoms with Gasteiger partial charge < -0.3 is 19.7 Å². The minimum atomic E-state index is -0.394. The zero-order chi connectivity index (χ0) is 18.7. The van der Waals surface area contributed by atoms with Crippen LogP contribution in [0, 0.1) is 0 Å². The van der Waals surface area contributed by atoms with Crippen LogP contribution in [0.15, 0.2) is 48.7 Å². The summed E-state index contributed by atoms with van der Waals surface area (Å²) in [6, 6.07) is 13.7. The molecular weight excluding hydrogens is 342 g/mol. The molecule has 27 heavy (non-hydrogen) atoms. The average molecular weight is 367 g/mol. The Morgan fingerprint density at radius 1 is 1.15 bits per heavy atom. The number of hydrogen-bond donors (Lipinski definition) is 1. The van der Waals surface area contributed by atoms with Crippen molar-refractivity contribution in [3.63, 3.8) is 0 Å². The molecule has 0 radical (unpaired) electrons. The van der Waals surface area contributed by atoms with E-state index in [4.69, 9.17) is 9.47 Å². The Morgan fingerprint density at radius 2 is 1.85 bits per heavy atom. The first-order chi connectivity index (χ1) is 13.2. The highest BCUT2D eigenvalue weighted by molar-refractivity contribution is 5.93. The van der Waals surface area contributed by atoms with Gasteiger partial charge in [0, 0.05) is 37.8 Å². The lowest BCUT2D eigenvalue weighted by atomic mass is 10.0. The fourth-order valence-electron chi connectivity index (χ4n) is 3.73. The van der Waals surface area contributed by atoms with Gasteiger partial charge in [-0.2, -0.15) is 0 Å². The zero-order valence-electron chi connectivity index (χ0n) is 15.6. The molecule has 0 aliphatic carbocycles. The lowest BCUT2D eigenvalue weighted by molar-refractivity contribution is -0.169. The molecule has 3 heterocycles. The summed E-state index contributed by atoms with van der Waals surface area (Å²) in [5.41, 5.74) is 2.51. The molecule has 6 nitrogen and oxygen atoms in total. The minimum absolute atomic E-state index is 0.0735. The van der Waals surface area contributed by atoms with Crippen molar-refractivity contribution in [2.75, 3.05) is 31.2 Å². The molecule has 142 valence electrons. The molecule has 2 aliphatic heterocycles. The van der Waals surface area contributed by atoms with Crippen molar-refractivity contribution in [1.82, 2.24) is 10.3 Å². The number of ether oxygens (including phenoxy) is 2. The summed E-state index contributed by atoms with van der Waals surface area (Å²) in [5, 5.41) is 3.02. The maximum Gasteiger partial charge on any atom is 0.270 e. The number of pyridine rings is 1. The van der Waals surface area contributed by atoms with Crippen molar-refractivity contribution in [3.05, 3.63) is 59.9 Å². The van der Waals surface area contributed by atoms with Crippen molar-refractivity contribution in [2.45, 2.75) is 31.6 Å². The first kappa shape index (κ1) is 17.9. The quantitative estimate of drug-likeness (QED) is 0.900. The summed E-state index contributed by atoms with van der Waals surface area (Å²) in [6.07, 6.45) is 3.37. The first-order valence-electron chi connectivity index (χ1n) is 9.50. The predicted molar refractivity (Wildman–Crippen MR) is 103 cm³/mol. The van der Waals surface area contributed by atoms with Gasteiger partial charge in [0.05, 0.1) is 19.3 Å². The fraction of sp³-hybridized carbons (Fsp3) is 0.429. The second kappa shape index (κ2) is 7.66. The molecule has 1 spiro atoms. The summed E-state index contributed by atoms with van der Waals surface area (Å²) in [5.74, 6) is -0.557. The second-order valence-corrected chi connectivity index (χ2v) is 7.10. The number of nitrogens with zero attached hydrogens (tertiary/aromatic N) is 2. The van der Waals surface area contributed by atoms with Crippen LogP contribution in [-0.4, -0.2) is 43.0 Å². The minimum Gasteiger partial charge on any atom is -0.371 e. The second-order valence-electron chi connectivity index (χ2n) is 7.10. The van der Waals surface area contributed by atoms with Crippen LogP contribution in [-0.2, 0) is 9.47 Å². The Labute approximate surface area is 159 Å². The molecule has 4 rings (SSSR count). The number of carbonyl (C=O) groups is 1. The van der Waals surface area contributed by atoms with Crippen molar-refractivity contribution in [1.29, 1.82) is 0 Å². The molecule has 2 aliphatic rings. The maximum absolute atomic E-state index is 12.6. The monoisotopic (exact) mass is 367 g/mol. The maximum atomic E-state index is 12.6. The van der Waals surface area contributed by atoms with Gasteiger partial charge in [0.2, 0.25) is 0 Å². The molecule has 6 heteroatoms. The Morgan fingerprint density at radius 3 is 2.56 bits per heavy atom. The topological polar surface area (TPSA) is 63.7 Å². The van der Waals surface area contributed by atoms with Crippen LogP contribution in [0.4, 0.5) is 5.69 Å². The van der Waals surface area contributed by atoms with E-state index in [2.05, 4.69) is 15.2 Å². The van der Waals surface area contributed by atoms with Gasteiger partial charge in [-0.3, -0.25) is 9.78 Å². The Hall–Kier alpha value is -2.44. The molecular formula is C21H25N3O3. The van der Waals surface area contributed by atoms with E-state index >= 15 is 0 Å². The molecule has 0 bridgehead atoms. The molecule has 2 saturated heterocycles. The molecule has 1 N–H and O–H groups in total. The number of hydrogen-bond acceptors (Lipinski definition) is 5. The van der Waals surface area contributed by atoms with Crippen molar-refractivity contribution in [3.8, 4) is 0 Å². The van der Waals surface area contributed by atoms with E-state index in [-0.39, 0.29) is 11.9 Å². The van der Waals surface area contributed by atoms with Crippen molar-refractivity contribution < 1.29 is 14.3 Å². The number of anilines is 1. The summed E-state index contributed by atoms with van der Waals surface area (Å²) < 4.78 is 11.6. The highest BCUT2D eigenvalue weighted by atomic mass is 16.7. The van der Waals surface area contributed by atoms with Gasteiger partial charge >= 0.3 is 0 Å². The van der Waals surface area contributed by atoms with Gasteiger partial charge in [0.15, 0.2) is 5.79 Å². The number of rotatable bonds is 4. The lowest BCUT2D eigenvalue weighted by Gasteiger charge is -2.38. The molecule has 2 aromatic rings. The Kier molecular flexibility index (Phi) is 5.09. The van der Waals surface area contributed by atoms with Crippen LogP contribution >= 0.6 is 0 Å². The summed E-state index contributed by atoms with van der Waals surface area (Å²) in [4.78, 5) is 19.2. The zero-order valence-corrected chi connectivity index (χ0v) is 15.6. The largest absolute Gasteiger partial charge is 0.371 e. The van der Waals surface area contributed by atoms with Gasteiger partial charge in [-0.25, -0.2) is 0 Å². The standard InChI is InChI=1S/C21H25N3O3/c1-16(17-5-3-2-4-6-17)23-20(25)19-15-18(7-10-22-19)24-11-8-21(9-12-24)26-13-14-27-21/h2-7,10,15-16H,8-9,11-14H2,1H3,(H,23,25). The number of nitrogens with one attached hydrogen (secondary N) is 1. The SMILES string of the molecule is CC(NC(=O)c1cc(N2CCC3(CC2)OCCO3)ccn1)c1ccccc1. The van der Waals surface area contributed by atoms with Gasteiger partial charge in [-0.05, 0) is 24.6 Å². The number of benzene rings is 1. The van der Waals surface area contributed by atoms with E-state index in [1.807, 2.05) is 49.4 Å². The van der Waals surface area contributed by atoms with E-state index in [0.717, 1.165) is 37.2 Å². The van der Waals surface area contributed by atoms with Crippen molar-refractivity contribution in [2.24, 2.45) is 0 Å². The molecule has 0 saturated carbocycles. The van der Waals surface area contributed by atoms with Gasteiger partial charge in [-0.1, -0.05) is 30.3 Å². The van der Waals surface area contributed by atoms with E-state index in [9.17, 15) is 4.79 Å². The third-order valence-corrected chi connectivity index (χ3v) is 5.33. The van der Waals surface area contributed by atoms with Crippen LogP contribution in [0.2, 0.25) is 0 Å². The molecule has 2 fully saturated rings. The Bertz CT molecular complexity index is 780. The summed E-state index contributed by atoms with van der Waals surface area (Å²) in [6.45, 7) is 5.01. The lowest BCUT2D eigenvalue weighted by Crippen LogP contribution is -2.45. The van der Waals surface area contributed by atoms with Crippen LogP contribution in [0.5, 0.6) is 0 Å². The van der Waals surface area contributed by atoms with Crippen LogP contribution in [0.1, 0.15) is 41.9 Å². The van der Waals surface area contributed by atoms with Gasteiger partial charge in [0.1, 0.15) is 5.69 Å². The normalized spacial score (nSPS) is 19.8. The number of amides is 1. The van der Waals surface area contributed by atoms with Crippen molar-refractivity contribution >= 4 is 11.6 Å². The smallest absolute Gasteiger partial charge is 0.270 e. The average Bonchev–Trinajstić information content (AvgIpc) is 3.17. The third-order valence-electron chi connectivity index (χ3n) is 5.33. The summed E-state index contributed by atoms with van der Waals surface area (Å²) >= 11 is 0.